The smallest absolute Gasteiger partial charge is 0.232 e. The first-order valence-corrected chi connectivity index (χ1v) is 6.53. The van der Waals surface area contributed by atoms with Gasteiger partial charge in [-0.1, -0.05) is 6.07 Å². The summed E-state index contributed by atoms with van der Waals surface area (Å²) in [4.78, 5) is 18.1. The minimum atomic E-state index is 0.0780. The highest BCUT2D eigenvalue weighted by Gasteiger charge is 2.09. The molecule has 5 heteroatoms. The van der Waals surface area contributed by atoms with Crippen LogP contribution >= 0.6 is 11.8 Å². The van der Waals surface area contributed by atoms with E-state index in [2.05, 4.69) is 4.98 Å². The Morgan fingerprint density at radius 3 is 2.89 bits per heavy atom. The Morgan fingerprint density at radius 1 is 1.39 bits per heavy atom. The molecule has 0 saturated carbocycles. The zero-order valence-electron chi connectivity index (χ0n) is 10.4. The van der Waals surface area contributed by atoms with Crippen molar-refractivity contribution in [2.75, 3.05) is 25.6 Å². The normalized spacial score (nSPS) is 10.6. The van der Waals surface area contributed by atoms with E-state index in [1.165, 1.54) is 11.8 Å². The number of carbonyl (C=O) groups excluding carboxylic acids is 1. The van der Waals surface area contributed by atoms with Gasteiger partial charge < -0.3 is 10.6 Å². The Hall–Kier alpha value is -1.75. The van der Waals surface area contributed by atoms with Crippen LogP contribution in [0.2, 0.25) is 0 Å². The van der Waals surface area contributed by atoms with Crippen molar-refractivity contribution in [3.63, 3.8) is 0 Å². The molecule has 94 valence electrons. The molecule has 0 saturated heterocycles. The van der Waals surface area contributed by atoms with Crippen molar-refractivity contribution >= 4 is 34.1 Å². The highest BCUT2D eigenvalue weighted by atomic mass is 32.2. The van der Waals surface area contributed by atoms with Crippen LogP contribution in [0.5, 0.6) is 0 Å². The highest BCUT2D eigenvalue weighted by Crippen LogP contribution is 2.31. The number of aromatic nitrogens is 1. The number of carbonyl (C=O) groups is 1. The van der Waals surface area contributed by atoms with E-state index in [0.29, 0.717) is 11.4 Å². The number of pyridine rings is 1. The predicted molar refractivity (Wildman–Crippen MR) is 75.6 cm³/mol. The Morgan fingerprint density at radius 2 is 2.17 bits per heavy atom. The summed E-state index contributed by atoms with van der Waals surface area (Å²) in [6, 6.07) is 5.80. The van der Waals surface area contributed by atoms with Crippen molar-refractivity contribution in [1.82, 2.24) is 9.88 Å². The largest absolute Gasteiger partial charge is 0.397 e. The molecule has 1 heterocycles. The number of thioether (sulfide) groups is 1. The van der Waals surface area contributed by atoms with Crippen LogP contribution in [0.3, 0.4) is 0 Å². The van der Waals surface area contributed by atoms with Gasteiger partial charge in [0.1, 0.15) is 0 Å². The third-order valence-corrected chi connectivity index (χ3v) is 3.73. The molecule has 2 rings (SSSR count). The van der Waals surface area contributed by atoms with Crippen LogP contribution in [-0.4, -0.2) is 35.6 Å². The number of hydrogen-bond acceptors (Lipinski definition) is 4. The maximum atomic E-state index is 11.5. The Balaban J connectivity index is 2.24. The van der Waals surface area contributed by atoms with Crippen LogP contribution in [0.1, 0.15) is 0 Å². The van der Waals surface area contributed by atoms with Crippen LogP contribution in [0.4, 0.5) is 5.69 Å². The number of nitrogens with zero attached hydrogens (tertiary/aromatic N) is 2. The first-order chi connectivity index (χ1) is 8.59. The average molecular weight is 261 g/mol. The third-order valence-electron chi connectivity index (χ3n) is 2.67. The monoisotopic (exact) mass is 261 g/mol. The predicted octanol–water partition coefficient (Wildman–Crippen LogP) is 2.00. The molecular formula is C13H15N3OS. The maximum absolute atomic E-state index is 11.5. The Kier molecular flexibility index (Phi) is 3.72. The van der Waals surface area contributed by atoms with E-state index in [0.717, 1.165) is 15.7 Å². The number of hydrogen-bond donors (Lipinski definition) is 1. The zero-order chi connectivity index (χ0) is 13.1. The summed E-state index contributed by atoms with van der Waals surface area (Å²) < 4.78 is 0. The van der Waals surface area contributed by atoms with Crippen LogP contribution in [-0.2, 0) is 4.79 Å². The summed E-state index contributed by atoms with van der Waals surface area (Å²) in [6.45, 7) is 0. The van der Waals surface area contributed by atoms with Gasteiger partial charge in [-0.2, -0.15) is 0 Å². The molecule has 0 radical (unpaired) electrons. The Labute approximate surface area is 110 Å². The summed E-state index contributed by atoms with van der Waals surface area (Å²) in [5.74, 6) is 0.475. The van der Waals surface area contributed by atoms with Gasteiger partial charge >= 0.3 is 0 Å². The van der Waals surface area contributed by atoms with Gasteiger partial charge in [0.25, 0.3) is 0 Å². The van der Waals surface area contributed by atoms with E-state index in [-0.39, 0.29) is 5.91 Å². The van der Waals surface area contributed by atoms with Crippen LogP contribution in [0.15, 0.2) is 35.5 Å². The molecule has 2 aromatic rings. The zero-order valence-corrected chi connectivity index (χ0v) is 11.2. The second-order valence-electron chi connectivity index (χ2n) is 4.15. The van der Waals surface area contributed by atoms with Gasteiger partial charge in [0.05, 0.1) is 11.4 Å². The van der Waals surface area contributed by atoms with E-state index < -0.39 is 0 Å². The average Bonchev–Trinajstić information content (AvgIpc) is 2.38. The highest BCUT2D eigenvalue weighted by molar-refractivity contribution is 8.00. The molecule has 0 aliphatic carbocycles. The summed E-state index contributed by atoms with van der Waals surface area (Å²) in [6.07, 6.45) is 3.50. The van der Waals surface area contributed by atoms with Gasteiger partial charge in [-0.3, -0.25) is 9.78 Å². The lowest BCUT2D eigenvalue weighted by atomic mass is 10.1. The standard InChI is InChI=1S/C13H15N3OS/c1-16(2)12(17)8-18-11-4-3-9-7-15-6-5-10(9)13(11)14/h3-7H,8,14H2,1-2H3. The van der Waals surface area contributed by atoms with Crippen molar-refractivity contribution < 1.29 is 4.79 Å². The number of rotatable bonds is 3. The van der Waals surface area contributed by atoms with Gasteiger partial charge in [0.15, 0.2) is 0 Å². The molecule has 0 atom stereocenters. The van der Waals surface area contributed by atoms with Crippen molar-refractivity contribution in [1.29, 1.82) is 0 Å². The number of benzene rings is 1. The second-order valence-corrected chi connectivity index (χ2v) is 5.17. The van der Waals surface area contributed by atoms with Crippen molar-refractivity contribution in [2.45, 2.75) is 4.90 Å². The Bertz CT molecular complexity index is 583. The first kappa shape index (κ1) is 12.7. The van der Waals surface area contributed by atoms with E-state index in [1.54, 1.807) is 31.4 Å². The first-order valence-electron chi connectivity index (χ1n) is 5.54. The molecule has 1 aromatic carbocycles. The quantitative estimate of drug-likeness (QED) is 0.678. The molecule has 4 nitrogen and oxygen atoms in total. The molecule has 0 aliphatic rings. The lowest BCUT2D eigenvalue weighted by Crippen LogP contribution is -2.23. The van der Waals surface area contributed by atoms with Crippen LogP contribution in [0.25, 0.3) is 10.8 Å². The molecule has 0 spiro atoms. The topological polar surface area (TPSA) is 59.2 Å². The van der Waals surface area contributed by atoms with Crippen LogP contribution in [0, 0.1) is 0 Å². The van der Waals surface area contributed by atoms with Gasteiger partial charge in [0, 0.05) is 42.2 Å². The molecule has 0 aliphatic heterocycles. The summed E-state index contributed by atoms with van der Waals surface area (Å²) in [7, 11) is 3.50. The fourth-order valence-electron chi connectivity index (χ4n) is 1.57. The van der Waals surface area contributed by atoms with E-state index >= 15 is 0 Å². The summed E-state index contributed by atoms with van der Waals surface area (Å²) in [5.41, 5.74) is 6.82. The minimum absolute atomic E-state index is 0.0780. The fourth-order valence-corrected chi connectivity index (χ4v) is 2.53. The fraction of sp³-hybridized carbons (Fsp3) is 0.231. The lowest BCUT2D eigenvalue weighted by molar-refractivity contribution is -0.125. The molecule has 0 bridgehead atoms. The number of anilines is 1. The number of nitrogens with two attached hydrogens (primary N) is 1. The summed E-state index contributed by atoms with van der Waals surface area (Å²) in [5, 5.41) is 1.99. The maximum Gasteiger partial charge on any atom is 0.232 e. The van der Waals surface area contributed by atoms with Gasteiger partial charge in [0.2, 0.25) is 5.91 Å². The number of amides is 1. The summed E-state index contributed by atoms with van der Waals surface area (Å²) >= 11 is 1.46. The van der Waals surface area contributed by atoms with Crippen LogP contribution < -0.4 is 5.73 Å². The van der Waals surface area contributed by atoms with E-state index in [4.69, 9.17) is 5.73 Å². The lowest BCUT2D eigenvalue weighted by Gasteiger charge is -2.11. The third kappa shape index (κ3) is 2.56. The second kappa shape index (κ2) is 5.27. The number of nitrogen functional groups attached to an aromatic ring is 1. The number of fused-ring (bicyclic) bond motifs is 1. The molecule has 1 aromatic heterocycles. The molecular weight excluding hydrogens is 246 g/mol. The SMILES string of the molecule is CN(C)C(=O)CSc1ccc2cnccc2c1N. The molecule has 2 N–H and O–H groups in total. The molecule has 1 amide bonds. The van der Waals surface area contributed by atoms with Gasteiger partial charge in [-0.25, -0.2) is 0 Å². The van der Waals surface area contributed by atoms with Gasteiger partial charge in [-0.05, 0) is 12.1 Å². The van der Waals surface area contributed by atoms with Crippen molar-refractivity contribution in [3.05, 3.63) is 30.6 Å². The van der Waals surface area contributed by atoms with E-state index in [9.17, 15) is 4.79 Å². The van der Waals surface area contributed by atoms with Crippen molar-refractivity contribution in [2.24, 2.45) is 0 Å². The van der Waals surface area contributed by atoms with E-state index in [1.807, 2.05) is 18.2 Å². The molecule has 18 heavy (non-hydrogen) atoms. The molecule has 0 unspecified atom stereocenters. The van der Waals surface area contributed by atoms with Crippen molar-refractivity contribution in [3.8, 4) is 0 Å². The van der Waals surface area contributed by atoms with Gasteiger partial charge in [-0.15, -0.1) is 11.8 Å². The molecule has 0 fully saturated rings. The minimum Gasteiger partial charge on any atom is -0.397 e.